The molecule has 2 heterocycles. The second-order valence-corrected chi connectivity index (χ2v) is 7.16. The molecule has 8 nitrogen and oxygen atoms in total. The van der Waals surface area contributed by atoms with E-state index in [4.69, 9.17) is 13.1 Å². The maximum atomic E-state index is 14.1. The largest absolute Gasteiger partial charge is 0.270 e. The van der Waals surface area contributed by atoms with Gasteiger partial charge in [0.2, 0.25) is 0 Å². The average Bonchev–Trinajstić information content (AvgIpc) is 3.35. The normalized spacial score (nSPS) is 11.8. The molecule has 0 aliphatic heterocycles. The van der Waals surface area contributed by atoms with Crippen molar-refractivity contribution in [2.24, 2.45) is 0 Å². The number of aromatic nitrogens is 4. The molecule has 12 heteroatoms. The Kier molecular flexibility index (Phi) is 4.36. The zero-order valence-electron chi connectivity index (χ0n) is 16.5. The minimum Gasteiger partial charge on any atom is -0.226 e. The van der Waals surface area contributed by atoms with Crippen LogP contribution in [-0.2, 0) is 12.8 Å². The minimum absolute atomic E-state index is 0.0292. The Labute approximate surface area is 187 Å². The van der Waals surface area contributed by atoms with Crippen molar-refractivity contribution in [2.75, 3.05) is 0 Å². The highest BCUT2D eigenvalue weighted by atomic mass is 19.2. The van der Waals surface area contributed by atoms with Crippen molar-refractivity contribution in [3.63, 3.8) is 0 Å². The Morgan fingerprint density at radius 1 is 0.676 bits per heavy atom. The summed E-state index contributed by atoms with van der Waals surface area (Å²) in [7, 11) is 0. The highest BCUT2D eigenvalue weighted by Gasteiger charge is 2.35. The molecule has 0 saturated heterocycles. The van der Waals surface area contributed by atoms with Gasteiger partial charge in [-0.1, -0.05) is 0 Å². The first-order chi connectivity index (χ1) is 16.3. The van der Waals surface area contributed by atoms with Crippen LogP contribution >= 0.6 is 0 Å². The lowest BCUT2D eigenvalue weighted by molar-refractivity contribution is 0.450. The fourth-order valence-corrected chi connectivity index (χ4v) is 4.37. The summed E-state index contributed by atoms with van der Waals surface area (Å²) in [4.78, 5) is 20.8. The van der Waals surface area contributed by atoms with E-state index in [1.165, 1.54) is 0 Å². The summed E-state index contributed by atoms with van der Waals surface area (Å²) in [5.41, 5.74) is -1.09. The number of benzene rings is 1. The Bertz CT molecular complexity index is 1680. The molecular weight excluding hydrogens is 452 g/mol. The molecule has 0 spiro atoms. The Hall–Kier alpha value is -5.20. The van der Waals surface area contributed by atoms with Gasteiger partial charge in [-0.05, 0) is 11.1 Å². The van der Waals surface area contributed by atoms with E-state index < -0.39 is 35.2 Å². The number of fused-ring (bicyclic) bond motifs is 6. The molecule has 0 amide bonds. The van der Waals surface area contributed by atoms with Crippen LogP contribution in [0.1, 0.15) is 22.5 Å². The predicted molar refractivity (Wildman–Crippen MR) is 104 cm³/mol. The molecule has 1 aromatic carbocycles. The van der Waals surface area contributed by atoms with E-state index in [1.54, 1.807) is 12.1 Å². The van der Waals surface area contributed by atoms with E-state index in [0.29, 0.717) is 0 Å². The van der Waals surface area contributed by atoms with Gasteiger partial charge in [0.15, 0.2) is 0 Å². The van der Waals surface area contributed by atoms with Gasteiger partial charge in [-0.15, -0.1) is 0 Å². The number of rotatable bonds is 0. The summed E-state index contributed by atoms with van der Waals surface area (Å²) in [6, 6.07) is 3.47. The number of hydrogen-bond donors (Lipinski definition) is 0. The number of nitriles is 2. The van der Waals surface area contributed by atoms with Crippen LogP contribution < -0.4 is 10.4 Å². The van der Waals surface area contributed by atoms with Crippen LogP contribution in [0.15, 0.2) is 0 Å². The van der Waals surface area contributed by atoms with Crippen LogP contribution in [0, 0.1) is 59.6 Å². The summed E-state index contributed by atoms with van der Waals surface area (Å²) in [6.45, 7) is 14.9. The average molecular weight is 456 g/mol. The van der Waals surface area contributed by atoms with Gasteiger partial charge in [0.1, 0.15) is 0 Å². The molecule has 0 unspecified atom stereocenters. The second-order valence-electron chi connectivity index (χ2n) is 7.16. The van der Waals surface area contributed by atoms with Crippen molar-refractivity contribution < 1.29 is 17.6 Å². The van der Waals surface area contributed by atoms with Crippen LogP contribution in [0.5, 0.6) is 0 Å². The van der Waals surface area contributed by atoms with E-state index in [1.807, 2.05) is 0 Å². The first kappa shape index (κ1) is 20.7. The molecule has 0 bridgehead atoms. The van der Waals surface area contributed by atoms with Crippen molar-refractivity contribution >= 4 is 11.4 Å². The Morgan fingerprint density at radius 3 is 1.44 bits per heavy atom. The first-order valence-electron chi connectivity index (χ1n) is 9.30. The maximum absolute atomic E-state index is 14.1. The van der Waals surface area contributed by atoms with Gasteiger partial charge in [0.25, 0.3) is 35.2 Å². The Morgan fingerprint density at radius 2 is 1.06 bits per heavy atom. The lowest BCUT2D eigenvalue weighted by Gasteiger charge is -2.12. The van der Waals surface area contributed by atoms with Crippen molar-refractivity contribution in [3.8, 4) is 34.7 Å². The van der Waals surface area contributed by atoms with Gasteiger partial charge >= 0.3 is 0 Å². The van der Waals surface area contributed by atoms with Crippen LogP contribution in [0.3, 0.4) is 0 Å². The van der Waals surface area contributed by atoms with Gasteiger partial charge in [0.05, 0.1) is 48.1 Å². The third kappa shape index (κ3) is 2.60. The van der Waals surface area contributed by atoms with Crippen molar-refractivity contribution in [1.82, 2.24) is 19.9 Å². The zero-order chi connectivity index (χ0) is 24.3. The zero-order valence-corrected chi connectivity index (χ0v) is 16.5. The molecule has 0 fully saturated rings. The third-order valence-electron chi connectivity index (χ3n) is 5.55. The van der Waals surface area contributed by atoms with E-state index in [0.717, 1.165) is 0 Å². The Balaban J connectivity index is 2.14. The van der Waals surface area contributed by atoms with Crippen molar-refractivity contribution in [1.29, 1.82) is 10.5 Å². The minimum atomic E-state index is -1.54. The number of halogens is 4. The molecule has 5 rings (SSSR count). The molecule has 0 radical (unpaired) electrons. The van der Waals surface area contributed by atoms with Gasteiger partial charge in [0, 0.05) is 34.4 Å². The predicted octanol–water partition coefficient (Wildman–Crippen LogP) is 2.07. The van der Waals surface area contributed by atoms with Gasteiger partial charge in [-0.3, -0.25) is 0 Å². The van der Waals surface area contributed by atoms with Crippen LogP contribution in [0.2, 0.25) is 0 Å². The molecule has 160 valence electrons. The van der Waals surface area contributed by atoms with Crippen LogP contribution in [0.4, 0.5) is 17.6 Å². The van der Waals surface area contributed by atoms with Gasteiger partial charge in [-0.25, -0.2) is 40.1 Å². The van der Waals surface area contributed by atoms with Crippen molar-refractivity contribution in [3.05, 3.63) is 79.6 Å². The standard InChI is InChI=1S/C22H4F4N8/c1-29-11(5-27)13-7-3-9-17(33-21(25)19(23)31-9)14(7)16(12(6-28)30-2)15-8(13)4-10-18(15)34-22(26)20(24)32-10/h3-4H2. The fraction of sp³-hybridized carbons (Fsp3) is 0.0909. The van der Waals surface area contributed by atoms with E-state index in [-0.39, 0.29) is 68.3 Å². The van der Waals surface area contributed by atoms with Crippen molar-refractivity contribution in [2.45, 2.75) is 12.8 Å². The lowest BCUT2D eigenvalue weighted by atomic mass is 9.92. The van der Waals surface area contributed by atoms with E-state index in [9.17, 15) is 28.1 Å². The van der Waals surface area contributed by atoms with Gasteiger partial charge in [-0.2, -0.15) is 17.6 Å². The molecule has 3 aromatic rings. The van der Waals surface area contributed by atoms with Crippen LogP contribution in [-0.4, -0.2) is 19.9 Å². The summed E-state index contributed by atoms with van der Waals surface area (Å²) in [5, 5.41) is 19.2. The molecule has 0 atom stereocenters. The van der Waals surface area contributed by atoms with E-state index in [2.05, 4.69) is 29.6 Å². The summed E-state index contributed by atoms with van der Waals surface area (Å²) in [5.74, 6) is -6.02. The quantitative estimate of drug-likeness (QED) is 0.261. The second kappa shape index (κ2) is 7.16. The first-order valence-corrected chi connectivity index (χ1v) is 9.30. The number of hydrogen-bond acceptors (Lipinski definition) is 6. The monoisotopic (exact) mass is 456 g/mol. The highest BCUT2D eigenvalue weighted by molar-refractivity contribution is 5.90. The molecule has 0 saturated carbocycles. The molecule has 2 aromatic heterocycles. The summed E-state index contributed by atoms with van der Waals surface area (Å²) < 4.78 is 55.8. The summed E-state index contributed by atoms with van der Waals surface area (Å²) in [6.07, 6.45) is -0.385. The maximum Gasteiger partial charge on any atom is 0.270 e. The number of nitrogens with zero attached hydrogens (tertiary/aromatic N) is 8. The molecule has 34 heavy (non-hydrogen) atoms. The highest BCUT2D eigenvalue weighted by Crippen LogP contribution is 2.38. The lowest BCUT2D eigenvalue weighted by Crippen LogP contribution is -2.26. The molecule has 2 aliphatic carbocycles. The summed E-state index contributed by atoms with van der Waals surface area (Å²) >= 11 is 0. The molecule has 2 aliphatic rings. The van der Waals surface area contributed by atoms with Gasteiger partial charge < -0.3 is 0 Å². The topological polar surface area (TPSA) is 108 Å². The van der Waals surface area contributed by atoms with Crippen LogP contribution in [0.25, 0.3) is 43.6 Å². The third-order valence-corrected chi connectivity index (χ3v) is 5.55. The SMILES string of the molecule is [C-]#[N+]C(C#N)=c1c2c(c(=C(C#N)[N+]#[C-])c3c1Cc1nc(F)c(F)nc1-3)-c1nc(F)c(F)nc1C2. The van der Waals surface area contributed by atoms with E-state index >= 15 is 0 Å². The molecular formula is C22H4F4N8. The molecule has 0 N–H and O–H groups in total. The smallest absolute Gasteiger partial charge is 0.226 e. The fourth-order valence-electron chi connectivity index (χ4n) is 4.37.